The Morgan fingerprint density at radius 1 is 1.14 bits per heavy atom. The topological polar surface area (TPSA) is 119 Å². The molecule has 1 saturated heterocycles. The van der Waals surface area contributed by atoms with E-state index in [0.717, 1.165) is 17.7 Å². The fourth-order valence-electron chi connectivity index (χ4n) is 6.58. The van der Waals surface area contributed by atoms with Crippen molar-refractivity contribution >= 4 is 17.6 Å². The Kier molecular flexibility index (Phi) is 6.74. The first-order valence-corrected chi connectivity index (χ1v) is 13.9. The number of primary amides is 1. The Hall–Kier alpha value is -4.74. The SMILES string of the molecule is COc1ccc(CN2C(C)=NOC23CCC(C)(Cc2ccc(F)cc2F)N2CC3n3cc(C(N)=O)c(=O)cc3C2=O)cc1. The molecule has 1 fully saturated rings. The number of aromatic nitrogens is 1. The summed E-state index contributed by atoms with van der Waals surface area (Å²) in [7, 11) is 1.59. The number of hydrogen-bond donors (Lipinski definition) is 1. The molecule has 224 valence electrons. The molecule has 4 heterocycles. The third kappa shape index (κ3) is 4.61. The van der Waals surface area contributed by atoms with Crippen LogP contribution < -0.4 is 15.9 Å². The molecular weight excluding hydrogens is 560 g/mol. The quantitative estimate of drug-likeness (QED) is 0.468. The second kappa shape index (κ2) is 10.2. The first-order valence-electron chi connectivity index (χ1n) is 13.9. The van der Waals surface area contributed by atoms with E-state index in [2.05, 4.69) is 5.16 Å². The van der Waals surface area contributed by atoms with Gasteiger partial charge in [0.1, 0.15) is 40.5 Å². The molecule has 3 aromatic rings. The van der Waals surface area contributed by atoms with Gasteiger partial charge in [-0.25, -0.2) is 8.78 Å². The number of carbonyl (C=O) groups excluding carboxylic acids is 2. The van der Waals surface area contributed by atoms with Crippen LogP contribution in [0.15, 0.2) is 64.7 Å². The molecule has 0 saturated carbocycles. The van der Waals surface area contributed by atoms with Gasteiger partial charge in [-0.05, 0) is 56.0 Å². The lowest BCUT2D eigenvalue weighted by Crippen LogP contribution is -2.60. The third-order valence-corrected chi connectivity index (χ3v) is 8.96. The second-order valence-electron chi connectivity index (χ2n) is 11.6. The highest BCUT2D eigenvalue weighted by atomic mass is 19.1. The minimum atomic E-state index is -1.15. The molecule has 2 N–H and O–H groups in total. The molecule has 3 atom stereocenters. The second-order valence-corrected chi connectivity index (χ2v) is 11.6. The number of nitrogens with two attached hydrogens (primary N) is 1. The lowest BCUT2D eigenvalue weighted by atomic mass is 9.85. The van der Waals surface area contributed by atoms with Gasteiger partial charge in [0.25, 0.3) is 11.8 Å². The number of ether oxygens (including phenoxy) is 1. The van der Waals surface area contributed by atoms with Crippen molar-refractivity contribution in [2.45, 2.75) is 57.0 Å². The predicted molar refractivity (Wildman–Crippen MR) is 152 cm³/mol. The van der Waals surface area contributed by atoms with Crippen LogP contribution in [0.2, 0.25) is 0 Å². The molecule has 0 aliphatic carbocycles. The molecule has 3 unspecified atom stereocenters. The molecular formula is C31H31F2N5O5. The summed E-state index contributed by atoms with van der Waals surface area (Å²) in [4.78, 5) is 49.1. The van der Waals surface area contributed by atoms with Gasteiger partial charge in [0.2, 0.25) is 5.72 Å². The van der Waals surface area contributed by atoms with Crippen LogP contribution in [0.25, 0.3) is 0 Å². The van der Waals surface area contributed by atoms with E-state index in [-0.39, 0.29) is 29.8 Å². The fraction of sp³-hybridized carbons (Fsp3) is 0.355. The van der Waals surface area contributed by atoms with Crippen molar-refractivity contribution in [1.82, 2.24) is 14.4 Å². The molecule has 3 aliphatic heterocycles. The normalized spacial score (nSPS) is 24.3. The molecule has 3 aliphatic rings. The average molecular weight is 592 g/mol. The molecule has 1 aromatic heterocycles. The lowest BCUT2D eigenvalue weighted by Gasteiger charge is -2.47. The number of halogens is 2. The first kappa shape index (κ1) is 28.4. The maximum absolute atomic E-state index is 14.9. The number of methoxy groups -OCH3 is 1. The van der Waals surface area contributed by atoms with Gasteiger partial charge in [0.05, 0.1) is 7.11 Å². The zero-order valence-corrected chi connectivity index (χ0v) is 24.0. The number of benzene rings is 2. The molecule has 2 amide bonds. The number of hydrogen-bond acceptors (Lipinski definition) is 7. The van der Waals surface area contributed by atoms with Gasteiger partial charge in [-0.15, -0.1) is 0 Å². The van der Waals surface area contributed by atoms with Crippen LogP contribution in [-0.4, -0.2) is 56.9 Å². The van der Waals surface area contributed by atoms with Crippen LogP contribution in [0.4, 0.5) is 8.78 Å². The summed E-state index contributed by atoms with van der Waals surface area (Å²) in [5, 5.41) is 4.38. The number of carbonyl (C=O) groups is 2. The number of pyridine rings is 1. The van der Waals surface area contributed by atoms with E-state index in [0.29, 0.717) is 31.0 Å². The van der Waals surface area contributed by atoms with Crippen molar-refractivity contribution in [1.29, 1.82) is 0 Å². The number of amidine groups is 1. The van der Waals surface area contributed by atoms with E-state index in [4.69, 9.17) is 15.3 Å². The standard InChI is InChI=1S/C31H31F2N5O5/c1-18-35-43-31(37(18)15-19-4-8-22(42-3)9-5-19)11-10-30(2,14-20-6-7-21(32)12-24(20)33)38-17-27(31)36-16-23(28(34)40)26(39)13-25(36)29(38)41/h4-9,12-13,16,27H,10-11,14-15,17H2,1-3H3,(H2,34,40). The smallest absolute Gasteiger partial charge is 0.271 e. The van der Waals surface area contributed by atoms with Gasteiger partial charge >= 0.3 is 0 Å². The Balaban J connectivity index is 1.50. The number of oxime groups is 1. The highest BCUT2D eigenvalue weighted by Crippen LogP contribution is 2.49. The zero-order valence-electron chi connectivity index (χ0n) is 24.0. The van der Waals surface area contributed by atoms with E-state index in [1.165, 1.54) is 18.3 Å². The summed E-state index contributed by atoms with van der Waals surface area (Å²) in [5.74, 6) is -1.46. The molecule has 0 radical (unpaired) electrons. The minimum absolute atomic E-state index is 0.0517. The zero-order chi connectivity index (χ0) is 30.7. The van der Waals surface area contributed by atoms with Crippen LogP contribution in [-0.2, 0) is 17.8 Å². The fourth-order valence-corrected chi connectivity index (χ4v) is 6.58. The largest absolute Gasteiger partial charge is 0.497 e. The van der Waals surface area contributed by atoms with Crippen molar-refractivity contribution in [2.75, 3.05) is 13.7 Å². The first-order chi connectivity index (χ1) is 20.5. The van der Waals surface area contributed by atoms with Gasteiger partial charge in [-0.3, -0.25) is 14.4 Å². The number of amides is 2. The van der Waals surface area contributed by atoms with Gasteiger partial charge in [-0.2, -0.15) is 0 Å². The Bertz CT molecular complexity index is 1720. The van der Waals surface area contributed by atoms with Crippen LogP contribution >= 0.6 is 0 Å². The van der Waals surface area contributed by atoms with E-state index < -0.39 is 46.2 Å². The summed E-state index contributed by atoms with van der Waals surface area (Å²) >= 11 is 0. The van der Waals surface area contributed by atoms with Crippen molar-refractivity contribution in [3.05, 3.63) is 99.0 Å². The maximum Gasteiger partial charge on any atom is 0.271 e. The molecule has 2 aromatic carbocycles. The van der Waals surface area contributed by atoms with Crippen molar-refractivity contribution < 1.29 is 27.9 Å². The Labute approximate surface area is 246 Å². The number of fused-ring (bicyclic) bond motifs is 5. The molecule has 43 heavy (non-hydrogen) atoms. The highest BCUT2D eigenvalue weighted by Gasteiger charge is 2.59. The molecule has 12 heteroatoms. The van der Waals surface area contributed by atoms with Gasteiger partial charge < -0.3 is 29.7 Å². The van der Waals surface area contributed by atoms with Crippen molar-refractivity contribution in [3.8, 4) is 5.75 Å². The van der Waals surface area contributed by atoms with Crippen molar-refractivity contribution in [2.24, 2.45) is 10.9 Å². The monoisotopic (exact) mass is 591 g/mol. The van der Waals surface area contributed by atoms with Crippen LogP contribution in [0.1, 0.15) is 64.7 Å². The van der Waals surface area contributed by atoms with E-state index in [9.17, 15) is 23.2 Å². The Morgan fingerprint density at radius 2 is 1.88 bits per heavy atom. The predicted octanol–water partition coefficient (Wildman–Crippen LogP) is 3.59. The molecule has 1 spiro atoms. The number of rotatable bonds is 6. The third-order valence-electron chi connectivity index (χ3n) is 8.96. The summed E-state index contributed by atoms with van der Waals surface area (Å²) in [5.41, 5.74) is 3.75. The minimum Gasteiger partial charge on any atom is -0.497 e. The van der Waals surface area contributed by atoms with E-state index in [1.807, 2.05) is 43.0 Å². The van der Waals surface area contributed by atoms with E-state index >= 15 is 0 Å². The average Bonchev–Trinajstić information content (AvgIpc) is 3.23. The van der Waals surface area contributed by atoms with Crippen LogP contribution in [0, 0.1) is 11.6 Å². The summed E-state index contributed by atoms with van der Waals surface area (Å²) < 4.78 is 35.6. The van der Waals surface area contributed by atoms with Crippen LogP contribution in [0.3, 0.4) is 0 Å². The van der Waals surface area contributed by atoms with Gasteiger partial charge in [0, 0.05) is 43.4 Å². The van der Waals surface area contributed by atoms with Gasteiger partial charge in [0.15, 0.2) is 5.43 Å². The maximum atomic E-state index is 14.9. The number of nitrogens with zero attached hydrogens (tertiary/aromatic N) is 4. The Morgan fingerprint density at radius 3 is 2.56 bits per heavy atom. The molecule has 2 bridgehead atoms. The summed E-state index contributed by atoms with van der Waals surface area (Å²) in [6.45, 7) is 4.17. The van der Waals surface area contributed by atoms with Gasteiger partial charge in [-0.1, -0.05) is 23.4 Å². The van der Waals surface area contributed by atoms with Crippen molar-refractivity contribution in [3.63, 3.8) is 0 Å². The summed E-state index contributed by atoms with van der Waals surface area (Å²) in [6, 6.07) is 11.5. The van der Waals surface area contributed by atoms with E-state index in [1.54, 1.807) is 16.6 Å². The molecule has 6 rings (SSSR count). The van der Waals surface area contributed by atoms with Crippen LogP contribution in [0.5, 0.6) is 5.75 Å². The highest BCUT2D eigenvalue weighted by molar-refractivity contribution is 5.97. The summed E-state index contributed by atoms with van der Waals surface area (Å²) in [6.07, 6.45) is 2.12. The molecule has 10 nitrogen and oxygen atoms in total. The lowest BCUT2D eigenvalue weighted by molar-refractivity contribution is -0.142.